The number of hydrogen-bond acceptors (Lipinski definition) is 7. The summed E-state index contributed by atoms with van der Waals surface area (Å²) in [6.45, 7) is 2.16. The van der Waals surface area contributed by atoms with E-state index in [1.807, 2.05) is 0 Å². The van der Waals surface area contributed by atoms with Crippen molar-refractivity contribution in [1.82, 2.24) is 9.97 Å². The molecule has 1 aromatic heterocycles. The van der Waals surface area contributed by atoms with Gasteiger partial charge in [0.05, 0.1) is 31.5 Å². The highest BCUT2D eigenvalue weighted by Crippen LogP contribution is 2.34. The van der Waals surface area contributed by atoms with Gasteiger partial charge in [0.15, 0.2) is 5.69 Å². The molecule has 2 saturated heterocycles. The minimum Gasteiger partial charge on any atom is -0.476 e. The van der Waals surface area contributed by atoms with Crippen molar-refractivity contribution in [2.75, 3.05) is 31.7 Å². The van der Waals surface area contributed by atoms with Gasteiger partial charge in [0, 0.05) is 19.7 Å². The molecule has 0 aliphatic carbocycles. The first kappa shape index (κ1) is 16.6. The number of anilines is 1. The molecule has 2 atom stereocenters. The summed E-state index contributed by atoms with van der Waals surface area (Å²) in [7, 11) is 1.42. The summed E-state index contributed by atoms with van der Waals surface area (Å²) >= 11 is 0. The third-order valence-corrected chi connectivity index (χ3v) is 4.83. The van der Waals surface area contributed by atoms with Crippen LogP contribution < -0.4 is 4.90 Å². The Kier molecular flexibility index (Phi) is 4.94. The molecule has 24 heavy (non-hydrogen) atoms. The van der Waals surface area contributed by atoms with Gasteiger partial charge in [0.1, 0.15) is 5.82 Å². The number of carbonyl (C=O) groups is 2. The Morgan fingerprint density at radius 2 is 2.00 bits per heavy atom. The van der Waals surface area contributed by atoms with E-state index in [0.29, 0.717) is 18.3 Å². The van der Waals surface area contributed by atoms with Crippen molar-refractivity contribution in [2.24, 2.45) is 11.8 Å². The first-order valence-corrected chi connectivity index (χ1v) is 8.10. The largest absolute Gasteiger partial charge is 0.476 e. The van der Waals surface area contributed by atoms with E-state index in [1.54, 1.807) is 0 Å². The minimum absolute atomic E-state index is 0.0612. The van der Waals surface area contributed by atoms with Crippen LogP contribution in [0.1, 0.15) is 29.8 Å². The van der Waals surface area contributed by atoms with E-state index in [2.05, 4.69) is 14.9 Å². The number of ether oxygens (including phenoxy) is 2. The fraction of sp³-hybridized carbons (Fsp3) is 0.625. The van der Waals surface area contributed by atoms with Gasteiger partial charge < -0.3 is 19.5 Å². The van der Waals surface area contributed by atoms with Crippen LogP contribution in [0, 0.1) is 11.8 Å². The first-order valence-electron chi connectivity index (χ1n) is 8.10. The normalized spacial score (nSPS) is 24.8. The Hall–Kier alpha value is -2.22. The second-order valence-electron chi connectivity index (χ2n) is 6.14. The van der Waals surface area contributed by atoms with Gasteiger partial charge in [0.2, 0.25) is 0 Å². The molecular formula is C16H21N3O5. The molecule has 3 heterocycles. The van der Waals surface area contributed by atoms with Crippen molar-refractivity contribution in [3.63, 3.8) is 0 Å². The average molecular weight is 335 g/mol. The van der Waals surface area contributed by atoms with Crippen LogP contribution in [-0.4, -0.2) is 59.9 Å². The summed E-state index contributed by atoms with van der Waals surface area (Å²) in [5.74, 6) is -0.439. The van der Waals surface area contributed by atoms with Gasteiger partial charge in [-0.2, -0.15) is 0 Å². The molecule has 8 heteroatoms. The second-order valence-corrected chi connectivity index (χ2v) is 6.14. The fourth-order valence-electron chi connectivity index (χ4n) is 3.53. The summed E-state index contributed by atoms with van der Waals surface area (Å²) in [4.78, 5) is 32.8. The molecule has 0 saturated carbocycles. The topological polar surface area (TPSA) is 102 Å². The van der Waals surface area contributed by atoms with Crippen molar-refractivity contribution in [3.05, 3.63) is 18.1 Å². The summed E-state index contributed by atoms with van der Waals surface area (Å²) < 4.78 is 10.7. The highest BCUT2D eigenvalue weighted by Gasteiger charge is 2.41. The molecule has 0 amide bonds. The molecule has 3 rings (SSSR count). The Bertz CT molecular complexity index is 598. The first-order chi connectivity index (χ1) is 11.6. The molecule has 0 unspecified atom stereocenters. The van der Waals surface area contributed by atoms with Crippen molar-refractivity contribution in [1.29, 1.82) is 0 Å². The predicted molar refractivity (Wildman–Crippen MR) is 83.8 cm³/mol. The average Bonchev–Trinajstić information content (AvgIpc) is 3.11. The number of hydrogen-bond donors (Lipinski definition) is 1. The number of carbonyl (C=O) groups excluding carboxylic acids is 1. The van der Waals surface area contributed by atoms with Crippen LogP contribution in [-0.2, 0) is 14.3 Å². The SMILES string of the molecule is COC(=O)[C@@H]1CCO[C@H]1C1CCN(c2cnc(C(=O)O)cn2)CC1. The highest BCUT2D eigenvalue weighted by molar-refractivity contribution is 5.84. The van der Waals surface area contributed by atoms with Gasteiger partial charge in [-0.05, 0) is 25.2 Å². The van der Waals surface area contributed by atoms with Crippen LogP contribution in [0.15, 0.2) is 12.4 Å². The van der Waals surface area contributed by atoms with Gasteiger partial charge in [-0.15, -0.1) is 0 Å². The van der Waals surface area contributed by atoms with E-state index >= 15 is 0 Å². The lowest BCUT2D eigenvalue weighted by atomic mass is 9.84. The Morgan fingerprint density at radius 1 is 1.25 bits per heavy atom. The van der Waals surface area contributed by atoms with Crippen molar-refractivity contribution in [2.45, 2.75) is 25.4 Å². The maximum Gasteiger partial charge on any atom is 0.356 e. The van der Waals surface area contributed by atoms with Crippen LogP contribution in [0.3, 0.4) is 0 Å². The molecule has 2 aliphatic heterocycles. The van der Waals surface area contributed by atoms with Gasteiger partial charge in [0.25, 0.3) is 0 Å². The number of methoxy groups -OCH3 is 1. The van der Waals surface area contributed by atoms with Crippen LogP contribution in [0.25, 0.3) is 0 Å². The lowest BCUT2D eigenvalue weighted by Gasteiger charge is -2.36. The van der Waals surface area contributed by atoms with E-state index in [4.69, 9.17) is 14.6 Å². The van der Waals surface area contributed by atoms with Crippen molar-refractivity contribution >= 4 is 17.8 Å². The Morgan fingerprint density at radius 3 is 2.58 bits per heavy atom. The molecule has 2 aliphatic rings. The smallest absolute Gasteiger partial charge is 0.356 e. The molecule has 0 spiro atoms. The number of esters is 1. The molecule has 2 fully saturated rings. The van der Waals surface area contributed by atoms with Gasteiger partial charge in [-0.1, -0.05) is 0 Å². The van der Waals surface area contributed by atoms with Gasteiger partial charge in [-0.3, -0.25) is 4.79 Å². The predicted octanol–water partition coefficient (Wildman–Crippen LogP) is 0.969. The number of nitrogens with zero attached hydrogens (tertiary/aromatic N) is 3. The van der Waals surface area contributed by atoms with E-state index in [1.165, 1.54) is 19.5 Å². The molecule has 1 N–H and O–H groups in total. The molecule has 1 aromatic rings. The van der Waals surface area contributed by atoms with Crippen molar-refractivity contribution in [3.8, 4) is 0 Å². The molecule has 130 valence electrons. The van der Waals surface area contributed by atoms with Crippen LogP contribution in [0.5, 0.6) is 0 Å². The summed E-state index contributed by atoms with van der Waals surface area (Å²) in [6.07, 6.45) is 5.20. The zero-order valence-electron chi connectivity index (χ0n) is 13.6. The maximum absolute atomic E-state index is 11.9. The third kappa shape index (κ3) is 3.33. The van der Waals surface area contributed by atoms with Gasteiger partial charge >= 0.3 is 11.9 Å². The summed E-state index contributed by atoms with van der Waals surface area (Å²) in [5, 5.41) is 8.86. The number of rotatable bonds is 4. The number of aromatic nitrogens is 2. The number of carboxylic acid groups (broad SMARTS) is 1. The molecular weight excluding hydrogens is 314 g/mol. The van der Waals surface area contributed by atoms with E-state index < -0.39 is 5.97 Å². The van der Waals surface area contributed by atoms with E-state index in [0.717, 1.165) is 32.4 Å². The second kappa shape index (κ2) is 7.12. The maximum atomic E-state index is 11.9. The summed E-state index contributed by atoms with van der Waals surface area (Å²) in [5.41, 5.74) is -0.0612. The van der Waals surface area contributed by atoms with E-state index in [9.17, 15) is 9.59 Å². The van der Waals surface area contributed by atoms with Crippen molar-refractivity contribution < 1.29 is 24.2 Å². The fourth-order valence-corrected chi connectivity index (χ4v) is 3.53. The van der Waals surface area contributed by atoms with Crippen LogP contribution >= 0.6 is 0 Å². The highest BCUT2D eigenvalue weighted by atomic mass is 16.5. The zero-order valence-corrected chi connectivity index (χ0v) is 13.6. The zero-order chi connectivity index (χ0) is 17.1. The lowest BCUT2D eigenvalue weighted by Crippen LogP contribution is -2.41. The quantitative estimate of drug-likeness (QED) is 0.812. The monoisotopic (exact) mass is 335 g/mol. The Balaban J connectivity index is 1.59. The standard InChI is InChI=1S/C16H21N3O5/c1-23-16(22)11-4-7-24-14(11)10-2-5-19(6-3-10)13-9-17-12(8-18-13)15(20)21/h8-11,14H,2-7H2,1H3,(H,20,21)/t11-,14+/m1/s1. The van der Waals surface area contributed by atoms with Crippen LogP contribution in [0.4, 0.5) is 5.82 Å². The van der Waals surface area contributed by atoms with Crippen LogP contribution in [0.2, 0.25) is 0 Å². The lowest BCUT2D eigenvalue weighted by molar-refractivity contribution is -0.148. The molecule has 8 nitrogen and oxygen atoms in total. The van der Waals surface area contributed by atoms with E-state index in [-0.39, 0.29) is 23.7 Å². The summed E-state index contributed by atoms with van der Waals surface area (Å²) in [6, 6.07) is 0. The molecule has 0 radical (unpaired) electrons. The third-order valence-electron chi connectivity index (χ3n) is 4.83. The van der Waals surface area contributed by atoms with Gasteiger partial charge in [-0.25, -0.2) is 14.8 Å². The number of carboxylic acids is 1. The number of piperidine rings is 1. The molecule has 0 bridgehead atoms. The number of aromatic carboxylic acids is 1. The minimum atomic E-state index is -1.08. The Labute approximate surface area is 139 Å². The molecule has 0 aromatic carbocycles.